The number of benzene rings is 1. The van der Waals surface area contributed by atoms with Gasteiger partial charge in [0.05, 0.1) is 28.6 Å². The Kier molecular flexibility index (Phi) is 2.47. The lowest BCUT2D eigenvalue weighted by Gasteiger charge is -2.21. The fourth-order valence-electron chi connectivity index (χ4n) is 2.24. The molecule has 0 bridgehead atoms. The Hall–Kier alpha value is -2.04. The minimum Gasteiger partial charge on any atom is -0.397 e. The van der Waals surface area contributed by atoms with Crippen LogP contribution in [-0.4, -0.2) is 23.6 Å². The predicted molar refractivity (Wildman–Crippen MR) is 72.8 cm³/mol. The van der Waals surface area contributed by atoms with Gasteiger partial charge in [-0.25, -0.2) is 4.98 Å². The van der Waals surface area contributed by atoms with E-state index < -0.39 is 0 Å². The highest BCUT2D eigenvalue weighted by molar-refractivity contribution is 5.88. The molecule has 3 N–H and O–H groups in total. The van der Waals surface area contributed by atoms with Crippen LogP contribution in [0.15, 0.2) is 23.3 Å². The molecule has 0 aliphatic heterocycles. The molecule has 1 aliphatic rings. The lowest BCUT2D eigenvalue weighted by atomic mass is 10.1. The Balaban J connectivity index is 2.06. The highest BCUT2D eigenvalue weighted by Gasteiger charge is 2.23. The van der Waals surface area contributed by atoms with E-state index in [1.165, 1.54) is 19.2 Å². The molecule has 18 heavy (non-hydrogen) atoms. The van der Waals surface area contributed by atoms with Gasteiger partial charge in [-0.2, -0.15) is 0 Å². The number of rotatable bonds is 3. The number of aromatic nitrogens is 2. The van der Waals surface area contributed by atoms with Crippen molar-refractivity contribution in [1.29, 1.82) is 0 Å². The largest absolute Gasteiger partial charge is 0.397 e. The molecule has 0 amide bonds. The number of anilines is 2. The van der Waals surface area contributed by atoms with Crippen molar-refractivity contribution < 1.29 is 0 Å². The smallest absolute Gasteiger partial charge is 0.258 e. The quantitative estimate of drug-likeness (QED) is 0.799. The number of H-pyrrole nitrogens is 1. The first-order chi connectivity index (χ1) is 8.65. The van der Waals surface area contributed by atoms with Crippen LogP contribution in [-0.2, 0) is 0 Å². The standard InChI is InChI=1S/C13H16N4O/c1-17(6-8-2-3-8)12-5-11-9(4-10(12)14)13(18)16-7-15-11/h4-5,7-8H,2-3,6,14H2,1H3,(H,15,16,18). The van der Waals surface area contributed by atoms with Gasteiger partial charge in [-0.1, -0.05) is 0 Å². The predicted octanol–water partition coefficient (Wildman–Crippen LogP) is 1.35. The Bertz CT molecular complexity index is 645. The third kappa shape index (κ3) is 1.92. The van der Waals surface area contributed by atoms with Crippen LogP contribution in [0.3, 0.4) is 0 Å². The normalized spacial score (nSPS) is 14.9. The second-order valence-corrected chi connectivity index (χ2v) is 4.98. The van der Waals surface area contributed by atoms with Crippen molar-refractivity contribution in [3.05, 3.63) is 28.8 Å². The van der Waals surface area contributed by atoms with Crippen molar-refractivity contribution in [3.63, 3.8) is 0 Å². The summed E-state index contributed by atoms with van der Waals surface area (Å²) in [7, 11) is 2.03. The third-order valence-electron chi connectivity index (χ3n) is 3.43. The van der Waals surface area contributed by atoms with Crippen LogP contribution in [0.2, 0.25) is 0 Å². The molecule has 0 radical (unpaired) electrons. The molecule has 2 aromatic rings. The monoisotopic (exact) mass is 244 g/mol. The van der Waals surface area contributed by atoms with Crippen molar-refractivity contribution in [2.24, 2.45) is 5.92 Å². The summed E-state index contributed by atoms with van der Waals surface area (Å²) in [5.74, 6) is 0.789. The number of fused-ring (bicyclic) bond motifs is 1. The summed E-state index contributed by atoms with van der Waals surface area (Å²) in [6.07, 6.45) is 4.02. The van der Waals surface area contributed by atoms with Crippen molar-refractivity contribution in [3.8, 4) is 0 Å². The van der Waals surface area contributed by atoms with E-state index in [0.717, 1.165) is 18.2 Å². The zero-order chi connectivity index (χ0) is 12.7. The summed E-state index contributed by atoms with van der Waals surface area (Å²) in [6.45, 7) is 1.01. The maximum absolute atomic E-state index is 11.6. The molecule has 1 aromatic carbocycles. The average molecular weight is 244 g/mol. The molecular formula is C13H16N4O. The fourth-order valence-corrected chi connectivity index (χ4v) is 2.24. The first-order valence-corrected chi connectivity index (χ1v) is 6.13. The first kappa shape index (κ1) is 11.1. The topological polar surface area (TPSA) is 75.0 Å². The SMILES string of the molecule is CN(CC1CC1)c1cc2nc[nH]c(=O)c2cc1N. The number of nitrogens with zero attached hydrogens (tertiary/aromatic N) is 2. The average Bonchev–Trinajstić information content (AvgIpc) is 3.13. The van der Waals surface area contributed by atoms with Crippen LogP contribution >= 0.6 is 0 Å². The van der Waals surface area contributed by atoms with E-state index >= 15 is 0 Å². The molecule has 1 aromatic heterocycles. The van der Waals surface area contributed by atoms with Crippen molar-refractivity contribution >= 4 is 22.3 Å². The molecule has 0 saturated heterocycles. The first-order valence-electron chi connectivity index (χ1n) is 6.13. The van der Waals surface area contributed by atoms with Crippen molar-refractivity contribution in [2.45, 2.75) is 12.8 Å². The summed E-state index contributed by atoms with van der Waals surface area (Å²) < 4.78 is 0. The van der Waals surface area contributed by atoms with Crippen LogP contribution in [0.25, 0.3) is 10.9 Å². The molecule has 0 spiro atoms. The van der Waals surface area contributed by atoms with Gasteiger partial charge in [0.25, 0.3) is 5.56 Å². The van der Waals surface area contributed by atoms with Gasteiger partial charge in [-0.3, -0.25) is 4.79 Å². The Morgan fingerprint density at radius 2 is 2.28 bits per heavy atom. The molecule has 5 heteroatoms. The highest BCUT2D eigenvalue weighted by atomic mass is 16.1. The fraction of sp³-hybridized carbons (Fsp3) is 0.385. The maximum Gasteiger partial charge on any atom is 0.258 e. The summed E-state index contributed by atoms with van der Waals surface area (Å²) in [6, 6.07) is 3.60. The van der Waals surface area contributed by atoms with Gasteiger partial charge in [0.1, 0.15) is 0 Å². The second kappa shape index (κ2) is 4.01. The van der Waals surface area contributed by atoms with Gasteiger partial charge < -0.3 is 15.6 Å². The zero-order valence-corrected chi connectivity index (χ0v) is 10.3. The van der Waals surface area contributed by atoms with Crippen LogP contribution in [0.4, 0.5) is 11.4 Å². The minimum atomic E-state index is -0.150. The summed E-state index contributed by atoms with van der Waals surface area (Å²) in [5.41, 5.74) is 8.15. The van der Waals surface area contributed by atoms with E-state index in [1.54, 1.807) is 6.07 Å². The van der Waals surface area contributed by atoms with Crippen LogP contribution < -0.4 is 16.2 Å². The van der Waals surface area contributed by atoms with Crippen LogP contribution in [0.5, 0.6) is 0 Å². The summed E-state index contributed by atoms with van der Waals surface area (Å²) in [4.78, 5) is 20.5. The van der Waals surface area contributed by atoms with Gasteiger partial charge in [0.2, 0.25) is 0 Å². The summed E-state index contributed by atoms with van der Waals surface area (Å²) >= 11 is 0. The third-order valence-corrected chi connectivity index (χ3v) is 3.43. The van der Waals surface area contributed by atoms with E-state index in [9.17, 15) is 4.79 Å². The highest BCUT2D eigenvalue weighted by Crippen LogP contribution is 2.33. The van der Waals surface area contributed by atoms with E-state index in [-0.39, 0.29) is 5.56 Å². The lowest BCUT2D eigenvalue weighted by molar-refractivity contribution is 0.788. The Morgan fingerprint density at radius 3 is 3.00 bits per heavy atom. The molecule has 0 unspecified atom stereocenters. The van der Waals surface area contributed by atoms with Gasteiger partial charge in [0.15, 0.2) is 0 Å². The molecule has 94 valence electrons. The second-order valence-electron chi connectivity index (χ2n) is 4.98. The van der Waals surface area contributed by atoms with Gasteiger partial charge >= 0.3 is 0 Å². The Morgan fingerprint density at radius 1 is 1.50 bits per heavy atom. The molecule has 5 nitrogen and oxygen atoms in total. The van der Waals surface area contributed by atoms with Gasteiger partial charge in [-0.05, 0) is 30.9 Å². The van der Waals surface area contributed by atoms with Crippen molar-refractivity contribution in [2.75, 3.05) is 24.2 Å². The van der Waals surface area contributed by atoms with Gasteiger partial charge in [0, 0.05) is 13.6 Å². The van der Waals surface area contributed by atoms with E-state index in [1.807, 2.05) is 13.1 Å². The van der Waals surface area contributed by atoms with E-state index in [4.69, 9.17) is 5.73 Å². The zero-order valence-electron chi connectivity index (χ0n) is 10.3. The number of nitrogens with one attached hydrogen (secondary N) is 1. The van der Waals surface area contributed by atoms with E-state index in [0.29, 0.717) is 16.6 Å². The molecule has 3 rings (SSSR count). The molecule has 1 aliphatic carbocycles. The maximum atomic E-state index is 11.6. The number of nitrogens with two attached hydrogens (primary N) is 1. The van der Waals surface area contributed by atoms with Crippen molar-refractivity contribution in [1.82, 2.24) is 9.97 Å². The molecular weight excluding hydrogens is 228 g/mol. The van der Waals surface area contributed by atoms with Crippen LogP contribution in [0.1, 0.15) is 12.8 Å². The van der Waals surface area contributed by atoms with Crippen LogP contribution in [0, 0.1) is 5.92 Å². The lowest BCUT2D eigenvalue weighted by Crippen LogP contribution is -2.21. The summed E-state index contributed by atoms with van der Waals surface area (Å²) in [5, 5.41) is 0.540. The number of hydrogen-bond donors (Lipinski definition) is 2. The number of nitrogen functional groups attached to an aromatic ring is 1. The van der Waals surface area contributed by atoms with E-state index in [2.05, 4.69) is 14.9 Å². The number of hydrogen-bond acceptors (Lipinski definition) is 4. The Labute approximate surface area is 105 Å². The number of aromatic amines is 1. The minimum absolute atomic E-state index is 0.150. The molecule has 1 heterocycles. The molecule has 0 atom stereocenters. The molecule has 1 fully saturated rings. The molecule has 1 saturated carbocycles. The van der Waals surface area contributed by atoms with Gasteiger partial charge in [-0.15, -0.1) is 0 Å².